The van der Waals surface area contributed by atoms with E-state index < -0.39 is 0 Å². The van der Waals surface area contributed by atoms with E-state index in [0.717, 1.165) is 5.69 Å². The van der Waals surface area contributed by atoms with Crippen molar-refractivity contribution in [3.8, 4) is 5.75 Å². The van der Waals surface area contributed by atoms with Crippen molar-refractivity contribution in [1.82, 2.24) is 4.98 Å². The number of para-hydroxylation sites is 2. The van der Waals surface area contributed by atoms with E-state index in [1.807, 2.05) is 43.3 Å². The highest BCUT2D eigenvalue weighted by atomic mass is 16.5. The Labute approximate surface area is 159 Å². The van der Waals surface area contributed by atoms with Crippen LogP contribution in [0.25, 0.3) is 0 Å². The van der Waals surface area contributed by atoms with Crippen LogP contribution in [-0.4, -0.2) is 17.5 Å². The smallest absolute Gasteiger partial charge is 0.257 e. The van der Waals surface area contributed by atoms with Gasteiger partial charge in [-0.05, 0) is 62.2 Å². The molecule has 0 aliphatic heterocycles. The Morgan fingerprint density at radius 3 is 2.52 bits per heavy atom. The number of nitrogens with one attached hydrogen (secondary N) is 2. The predicted molar refractivity (Wildman–Crippen MR) is 109 cm³/mol. The Kier molecular flexibility index (Phi) is 5.71. The number of nitrogens with zero attached hydrogens (tertiary/aromatic N) is 1. The van der Waals surface area contributed by atoms with Crippen molar-refractivity contribution in [2.24, 2.45) is 0 Å². The number of hydrogen-bond acceptors (Lipinski definition) is 4. The molecule has 0 saturated heterocycles. The zero-order valence-electron chi connectivity index (χ0n) is 15.7. The van der Waals surface area contributed by atoms with E-state index in [9.17, 15) is 4.79 Å². The summed E-state index contributed by atoms with van der Waals surface area (Å²) in [6, 6.07) is 17.0. The third-order valence-electron chi connectivity index (χ3n) is 4.33. The van der Waals surface area contributed by atoms with Crippen molar-refractivity contribution in [2.45, 2.75) is 20.8 Å². The Morgan fingerprint density at radius 2 is 1.78 bits per heavy atom. The lowest BCUT2D eigenvalue weighted by atomic mass is 10.1. The predicted octanol–water partition coefficient (Wildman–Crippen LogP) is 5.09. The molecule has 0 radical (unpaired) electrons. The normalized spacial score (nSPS) is 10.3. The molecule has 0 bridgehead atoms. The average molecular weight is 361 g/mol. The van der Waals surface area contributed by atoms with Crippen LogP contribution in [0, 0.1) is 13.8 Å². The number of ether oxygens (including phenoxy) is 1. The van der Waals surface area contributed by atoms with Gasteiger partial charge in [0.2, 0.25) is 0 Å². The molecule has 0 unspecified atom stereocenters. The summed E-state index contributed by atoms with van der Waals surface area (Å²) in [5, 5.41) is 6.16. The SMILES string of the molecule is CCOc1ccccc1NC(=O)c1ccc(Nc2cccc(C)c2C)nc1. The van der Waals surface area contributed by atoms with Crippen LogP contribution in [0.2, 0.25) is 0 Å². The number of carbonyl (C=O) groups excluding carboxylic acids is 1. The van der Waals surface area contributed by atoms with Gasteiger partial charge in [-0.1, -0.05) is 24.3 Å². The maximum Gasteiger partial charge on any atom is 0.257 e. The zero-order chi connectivity index (χ0) is 19.2. The zero-order valence-corrected chi connectivity index (χ0v) is 15.7. The van der Waals surface area contributed by atoms with Gasteiger partial charge in [-0.3, -0.25) is 4.79 Å². The van der Waals surface area contributed by atoms with Crippen molar-refractivity contribution in [3.63, 3.8) is 0 Å². The molecule has 1 aromatic heterocycles. The molecule has 1 heterocycles. The van der Waals surface area contributed by atoms with Crippen molar-refractivity contribution < 1.29 is 9.53 Å². The van der Waals surface area contributed by atoms with Crippen LogP contribution < -0.4 is 15.4 Å². The van der Waals surface area contributed by atoms with E-state index in [0.29, 0.717) is 29.4 Å². The Balaban J connectivity index is 1.72. The largest absolute Gasteiger partial charge is 0.492 e. The van der Waals surface area contributed by atoms with E-state index in [4.69, 9.17) is 4.74 Å². The van der Waals surface area contributed by atoms with Crippen LogP contribution in [0.3, 0.4) is 0 Å². The second-order valence-electron chi connectivity index (χ2n) is 6.19. The number of carbonyl (C=O) groups is 1. The Morgan fingerprint density at radius 1 is 1.00 bits per heavy atom. The average Bonchev–Trinajstić information content (AvgIpc) is 2.68. The van der Waals surface area contributed by atoms with Crippen LogP contribution in [0.15, 0.2) is 60.8 Å². The summed E-state index contributed by atoms with van der Waals surface area (Å²) in [5.41, 5.74) is 4.51. The molecule has 0 aliphatic carbocycles. The van der Waals surface area contributed by atoms with Crippen LogP contribution in [0.5, 0.6) is 5.75 Å². The first-order valence-corrected chi connectivity index (χ1v) is 8.91. The molecule has 1 amide bonds. The van der Waals surface area contributed by atoms with Gasteiger partial charge in [0, 0.05) is 11.9 Å². The standard InChI is InChI=1S/C22H23N3O2/c1-4-27-20-11-6-5-9-19(20)25-22(26)17-12-13-21(23-14-17)24-18-10-7-8-15(2)16(18)3/h5-14H,4H2,1-3H3,(H,23,24)(H,25,26). The number of benzene rings is 2. The van der Waals surface area contributed by atoms with Crippen molar-refractivity contribution >= 4 is 23.1 Å². The molecule has 0 spiro atoms. The van der Waals surface area contributed by atoms with Crippen molar-refractivity contribution in [1.29, 1.82) is 0 Å². The van der Waals surface area contributed by atoms with Crippen LogP contribution >= 0.6 is 0 Å². The first-order valence-electron chi connectivity index (χ1n) is 8.91. The molecule has 5 nitrogen and oxygen atoms in total. The third-order valence-corrected chi connectivity index (χ3v) is 4.33. The first kappa shape index (κ1) is 18.5. The van der Waals surface area contributed by atoms with Gasteiger partial charge in [0.15, 0.2) is 0 Å². The lowest BCUT2D eigenvalue weighted by Crippen LogP contribution is -2.13. The molecule has 2 N–H and O–H groups in total. The molecule has 3 aromatic rings. The molecule has 27 heavy (non-hydrogen) atoms. The van der Waals surface area contributed by atoms with Gasteiger partial charge in [0.1, 0.15) is 11.6 Å². The Hall–Kier alpha value is -3.34. The third kappa shape index (κ3) is 4.44. The number of pyridine rings is 1. The molecule has 0 fully saturated rings. The quantitative estimate of drug-likeness (QED) is 0.642. The lowest BCUT2D eigenvalue weighted by molar-refractivity contribution is 0.102. The molecule has 0 saturated carbocycles. The van der Waals surface area contributed by atoms with Gasteiger partial charge in [0.05, 0.1) is 17.9 Å². The minimum Gasteiger partial charge on any atom is -0.492 e. The highest BCUT2D eigenvalue weighted by Gasteiger charge is 2.10. The van der Waals surface area contributed by atoms with E-state index in [2.05, 4.69) is 35.5 Å². The molecule has 5 heteroatoms. The number of amides is 1. The van der Waals surface area contributed by atoms with Gasteiger partial charge in [-0.2, -0.15) is 0 Å². The topological polar surface area (TPSA) is 63.2 Å². The summed E-state index contributed by atoms with van der Waals surface area (Å²) in [7, 11) is 0. The second-order valence-corrected chi connectivity index (χ2v) is 6.19. The van der Waals surface area contributed by atoms with Gasteiger partial charge in [-0.25, -0.2) is 4.98 Å². The Bertz CT molecular complexity index is 937. The fourth-order valence-electron chi connectivity index (χ4n) is 2.67. The van der Waals surface area contributed by atoms with Crippen LogP contribution in [-0.2, 0) is 0 Å². The van der Waals surface area contributed by atoms with Gasteiger partial charge in [-0.15, -0.1) is 0 Å². The highest BCUT2D eigenvalue weighted by Crippen LogP contribution is 2.25. The summed E-state index contributed by atoms with van der Waals surface area (Å²) in [4.78, 5) is 16.9. The van der Waals surface area contributed by atoms with Gasteiger partial charge >= 0.3 is 0 Å². The summed E-state index contributed by atoms with van der Waals surface area (Å²) in [6.45, 7) is 6.58. The molecular weight excluding hydrogens is 338 g/mol. The maximum atomic E-state index is 12.5. The summed E-state index contributed by atoms with van der Waals surface area (Å²) in [5.74, 6) is 1.11. The number of rotatable bonds is 6. The monoisotopic (exact) mass is 361 g/mol. The summed E-state index contributed by atoms with van der Waals surface area (Å²) < 4.78 is 5.54. The number of hydrogen-bond donors (Lipinski definition) is 2. The number of aryl methyl sites for hydroxylation is 1. The van der Waals surface area contributed by atoms with Crippen LogP contribution in [0.1, 0.15) is 28.4 Å². The number of aromatic nitrogens is 1. The van der Waals surface area contributed by atoms with Crippen molar-refractivity contribution in [2.75, 3.05) is 17.2 Å². The van der Waals surface area contributed by atoms with Gasteiger partial charge in [0.25, 0.3) is 5.91 Å². The van der Waals surface area contributed by atoms with E-state index in [1.54, 1.807) is 18.3 Å². The lowest BCUT2D eigenvalue weighted by Gasteiger charge is -2.12. The van der Waals surface area contributed by atoms with E-state index in [1.165, 1.54) is 11.1 Å². The summed E-state index contributed by atoms with van der Waals surface area (Å²) >= 11 is 0. The molecule has 138 valence electrons. The molecular formula is C22H23N3O2. The summed E-state index contributed by atoms with van der Waals surface area (Å²) in [6.07, 6.45) is 1.56. The first-order chi connectivity index (χ1) is 13.1. The van der Waals surface area contributed by atoms with Gasteiger partial charge < -0.3 is 15.4 Å². The van der Waals surface area contributed by atoms with E-state index in [-0.39, 0.29) is 5.91 Å². The van der Waals surface area contributed by atoms with Crippen molar-refractivity contribution in [3.05, 3.63) is 77.5 Å². The van der Waals surface area contributed by atoms with Crippen LogP contribution in [0.4, 0.5) is 17.2 Å². The fraction of sp³-hybridized carbons (Fsp3) is 0.182. The minimum absolute atomic E-state index is 0.229. The molecule has 2 aromatic carbocycles. The number of anilines is 3. The molecule has 3 rings (SSSR count). The highest BCUT2D eigenvalue weighted by molar-refractivity contribution is 6.04. The molecule has 0 atom stereocenters. The molecule has 0 aliphatic rings. The minimum atomic E-state index is -0.229. The maximum absolute atomic E-state index is 12.5. The second kappa shape index (κ2) is 8.36. The fourth-order valence-corrected chi connectivity index (χ4v) is 2.67. The van der Waals surface area contributed by atoms with E-state index >= 15 is 0 Å².